The van der Waals surface area contributed by atoms with E-state index in [1.165, 1.54) is 75.1 Å². The van der Waals surface area contributed by atoms with Gasteiger partial charge in [-0.1, -0.05) is 115 Å². The Morgan fingerprint density at radius 3 is 1.80 bits per heavy atom. The van der Waals surface area contributed by atoms with E-state index in [1.807, 2.05) is 11.3 Å². The zero-order valence-corrected chi connectivity index (χ0v) is 32.7. The number of thiophene rings is 1. The number of hydrogen-bond acceptors (Lipinski definition) is 2. The van der Waals surface area contributed by atoms with E-state index in [2.05, 4.69) is 208 Å². The van der Waals surface area contributed by atoms with Crippen molar-refractivity contribution in [2.45, 2.75) is 10.3 Å². The number of imidazole rings is 1. The van der Waals surface area contributed by atoms with Gasteiger partial charge in [0.05, 0.1) is 34.6 Å². The summed E-state index contributed by atoms with van der Waals surface area (Å²) in [7, 11) is 11.6. The minimum absolute atomic E-state index is 0.0131. The SMILES string of the molecule is BC(B)(B)C(B)(B)c1nc2ccccc2n1-c1cccc(-c2c3ccccc3c(-c3ccc4sc5ccccc5c4c3)c3cc(-c4ccccc4)ccc23)c1. The Morgan fingerprint density at radius 1 is 0.436 bits per heavy atom. The van der Waals surface area contributed by atoms with Crippen molar-refractivity contribution in [1.82, 2.24) is 9.55 Å². The van der Waals surface area contributed by atoms with Crippen LogP contribution in [0.4, 0.5) is 0 Å². The topological polar surface area (TPSA) is 17.8 Å². The van der Waals surface area contributed by atoms with Gasteiger partial charge in [0.25, 0.3) is 0 Å². The molecule has 10 rings (SSSR count). The number of fused-ring (bicyclic) bond motifs is 6. The van der Waals surface area contributed by atoms with Gasteiger partial charge in [-0.25, -0.2) is 4.98 Å². The van der Waals surface area contributed by atoms with Gasteiger partial charge in [0, 0.05) is 25.9 Å². The Bertz CT molecular complexity index is 3120. The molecule has 0 aliphatic carbocycles. The fourth-order valence-electron chi connectivity index (χ4n) is 8.33. The van der Waals surface area contributed by atoms with Crippen LogP contribution >= 0.6 is 11.3 Å². The lowest BCUT2D eigenvalue weighted by molar-refractivity contribution is 0.757. The van der Waals surface area contributed by atoms with E-state index < -0.39 is 0 Å². The predicted molar refractivity (Wildman–Crippen MR) is 252 cm³/mol. The van der Waals surface area contributed by atoms with Crippen LogP contribution in [0.5, 0.6) is 0 Å². The lowest BCUT2D eigenvalue weighted by atomic mass is 9.23. The Labute approximate surface area is 330 Å². The molecule has 2 heterocycles. The summed E-state index contributed by atoms with van der Waals surface area (Å²) >= 11 is 1.87. The van der Waals surface area contributed by atoms with Gasteiger partial charge in [-0.2, -0.15) is 0 Å². The standard InChI is InChI=1S/C47H37B5N2S/c48-46(49,47(50,51)52)45-53-39-18-7-8-19-40(39)54(45)32-14-10-13-30(25-32)43-34-16-4-5-17-35(34)44(38-26-29(21-23-36(38)43)28-11-2-1-3-12-28)31-22-24-42-37(27-31)33-15-6-9-20-41(33)55-42/h1-27H,48-52H2. The number of para-hydroxylation sites is 2. The van der Waals surface area contributed by atoms with Crippen molar-refractivity contribution in [2.75, 3.05) is 0 Å². The minimum Gasteiger partial charge on any atom is -0.297 e. The first-order valence-electron chi connectivity index (χ1n) is 19.2. The summed E-state index contributed by atoms with van der Waals surface area (Å²) in [5.74, 6) is 1.08. The molecule has 0 amide bonds. The summed E-state index contributed by atoms with van der Waals surface area (Å²) in [5, 5.41) is 7.41. The van der Waals surface area contributed by atoms with Crippen LogP contribution in [0.2, 0.25) is 5.11 Å². The van der Waals surface area contributed by atoms with E-state index >= 15 is 0 Å². The van der Waals surface area contributed by atoms with Crippen LogP contribution in [0.3, 0.4) is 0 Å². The van der Waals surface area contributed by atoms with Crippen LogP contribution in [0.15, 0.2) is 164 Å². The molecule has 0 saturated heterocycles. The second-order valence-corrected chi connectivity index (χ2v) is 17.5. The maximum absolute atomic E-state index is 5.31. The molecule has 2 nitrogen and oxygen atoms in total. The van der Waals surface area contributed by atoms with E-state index in [0.717, 1.165) is 22.5 Å². The van der Waals surface area contributed by atoms with E-state index in [9.17, 15) is 0 Å². The number of rotatable bonds is 6. The lowest BCUT2D eigenvalue weighted by Gasteiger charge is -2.39. The number of hydrogen-bond donors (Lipinski definition) is 0. The molecule has 0 fully saturated rings. The largest absolute Gasteiger partial charge is 0.297 e. The number of benzene rings is 8. The van der Waals surface area contributed by atoms with Gasteiger partial charge in [-0.3, -0.25) is 4.57 Å². The summed E-state index contributed by atoms with van der Waals surface area (Å²) in [5.41, 5.74) is 10.6. The van der Waals surface area contributed by atoms with Crippen LogP contribution in [-0.2, 0) is 5.21 Å². The molecule has 0 atom stereocenters. The minimum atomic E-state index is -0.203. The van der Waals surface area contributed by atoms with Crippen molar-refractivity contribution in [1.29, 1.82) is 0 Å². The van der Waals surface area contributed by atoms with Crippen LogP contribution in [0, 0.1) is 0 Å². The highest BCUT2D eigenvalue weighted by Gasteiger charge is 2.38. The van der Waals surface area contributed by atoms with Gasteiger partial charge in [0.15, 0.2) is 0 Å². The van der Waals surface area contributed by atoms with Gasteiger partial charge in [-0.15, -0.1) is 16.4 Å². The highest BCUT2D eigenvalue weighted by atomic mass is 32.1. The van der Waals surface area contributed by atoms with Crippen molar-refractivity contribution < 1.29 is 0 Å². The second-order valence-electron chi connectivity index (χ2n) is 16.4. The monoisotopic (exact) mass is 716 g/mol. The van der Waals surface area contributed by atoms with E-state index in [-0.39, 0.29) is 10.3 Å². The third kappa shape index (κ3) is 5.41. The van der Waals surface area contributed by atoms with Gasteiger partial charge < -0.3 is 0 Å². The molecule has 0 spiro atoms. The first-order chi connectivity index (χ1) is 26.7. The van der Waals surface area contributed by atoms with Gasteiger partial charge in [0.2, 0.25) is 0 Å². The summed E-state index contributed by atoms with van der Waals surface area (Å²) in [4.78, 5) is 5.31. The molecule has 0 radical (unpaired) electrons. The maximum atomic E-state index is 5.31. The molecule has 0 unspecified atom stereocenters. The van der Waals surface area contributed by atoms with Gasteiger partial charge in [-0.05, 0) is 109 Å². The summed E-state index contributed by atoms with van der Waals surface area (Å²) in [6.45, 7) is 0. The molecule has 10 aromatic rings. The second kappa shape index (κ2) is 12.7. The van der Waals surface area contributed by atoms with Gasteiger partial charge in [0.1, 0.15) is 21.5 Å². The van der Waals surface area contributed by atoms with E-state index in [1.54, 1.807) is 0 Å². The summed E-state index contributed by atoms with van der Waals surface area (Å²) < 4.78 is 5.04. The zero-order valence-electron chi connectivity index (χ0n) is 31.9. The van der Waals surface area contributed by atoms with Crippen molar-refractivity contribution in [3.63, 3.8) is 0 Å². The fraction of sp³-hybridized carbons (Fsp3) is 0.0426. The molecular formula is C47H37B5N2S. The van der Waals surface area contributed by atoms with Crippen molar-refractivity contribution in [2.24, 2.45) is 0 Å². The Kier molecular flexibility index (Phi) is 7.80. The molecule has 0 aliphatic rings. The van der Waals surface area contributed by atoms with Crippen molar-refractivity contribution >= 4 is 103 Å². The summed E-state index contributed by atoms with van der Waals surface area (Å²) in [6.07, 6.45) is 0. The quantitative estimate of drug-likeness (QED) is 0.126. The normalized spacial score (nSPS) is 12.4. The molecule has 8 aromatic carbocycles. The Morgan fingerprint density at radius 2 is 1.02 bits per heavy atom. The molecule has 2 aromatic heterocycles. The average Bonchev–Trinajstić information content (AvgIpc) is 3.79. The third-order valence-electron chi connectivity index (χ3n) is 12.2. The van der Waals surface area contributed by atoms with Crippen LogP contribution < -0.4 is 0 Å². The number of aromatic nitrogens is 2. The molecule has 256 valence electrons. The Balaban J connectivity index is 1.27. The van der Waals surface area contributed by atoms with Crippen molar-refractivity contribution in [3.05, 3.63) is 170 Å². The number of nitrogens with zero attached hydrogens (tertiary/aromatic N) is 2. The molecule has 0 saturated carbocycles. The van der Waals surface area contributed by atoms with E-state index in [0.29, 0.717) is 0 Å². The lowest BCUT2D eigenvalue weighted by Crippen LogP contribution is -2.45. The van der Waals surface area contributed by atoms with Crippen LogP contribution in [0.1, 0.15) is 5.82 Å². The molecule has 55 heavy (non-hydrogen) atoms. The third-order valence-corrected chi connectivity index (χ3v) is 13.3. The van der Waals surface area contributed by atoms with Gasteiger partial charge >= 0.3 is 0 Å². The highest BCUT2D eigenvalue weighted by molar-refractivity contribution is 7.25. The zero-order chi connectivity index (χ0) is 37.5. The first kappa shape index (κ1) is 33.8. The first-order valence-corrected chi connectivity index (χ1v) is 20.0. The van der Waals surface area contributed by atoms with Crippen LogP contribution in [-0.4, -0.2) is 48.8 Å². The molecular weight excluding hydrogens is 679 g/mol. The van der Waals surface area contributed by atoms with Crippen LogP contribution in [0.25, 0.3) is 91.8 Å². The molecule has 0 bridgehead atoms. The fourth-order valence-corrected chi connectivity index (χ4v) is 9.42. The molecule has 8 heteroatoms. The predicted octanol–water partition coefficient (Wildman–Crippen LogP) is 8.09. The summed E-state index contributed by atoms with van der Waals surface area (Å²) in [6, 6.07) is 60.4. The maximum Gasteiger partial charge on any atom is 0.106 e. The average molecular weight is 716 g/mol. The highest BCUT2D eigenvalue weighted by Crippen LogP contribution is 2.47. The molecule has 0 aliphatic heterocycles. The van der Waals surface area contributed by atoms with E-state index in [4.69, 9.17) is 4.98 Å². The smallest absolute Gasteiger partial charge is 0.106 e. The molecule has 0 N–H and O–H groups in total. The Hall–Kier alpha value is -5.71. The van der Waals surface area contributed by atoms with Crippen molar-refractivity contribution in [3.8, 4) is 39.1 Å².